The van der Waals surface area contributed by atoms with E-state index in [2.05, 4.69) is 50.9 Å². The number of furan rings is 1. The van der Waals surface area contributed by atoms with E-state index in [-0.39, 0.29) is 49.9 Å². The SMILES string of the molecule is [2H]c1cc2c(oc3c(-c4ccc(C([2H])([2H])C([2H])([2H])c5cc(CC(C)(C)c6ccc(-c7ccccc7)nc6)cc(CC(C)(C)c6ccc(-c7ccccc7)nc6)c5)cn4)ccc(C([2H])([2H])[2H])c32)c(-c2ccccc2)c1F. The molecule has 67 heavy (non-hydrogen) atoms. The molecule has 0 spiro atoms. The van der Waals surface area contributed by atoms with E-state index in [1.807, 2.05) is 85.2 Å². The molecule has 0 N–H and O–H groups in total. The third-order valence-electron chi connectivity index (χ3n) is 12.7. The van der Waals surface area contributed by atoms with Crippen LogP contribution in [0.2, 0.25) is 0 Å². The fourth-order valence-electron chi connectivity index (χ4n) is 9.10. The summed E-state index contributed by atoms with van der Waals surface area (Å²) in [7, 11) is 0. The van der Waals surface area contributed by atoms with Crippen LogP contribution >= 0.6 is 0 Å². The van der Waals surface area contributed by atoms with Crippen molar-refractivity contribution in [2.45, 2.75) is 71.0 Å². The molecular formula is C62H54FN3O. The Morgan fingerprint density at radius 3 is 1.58 bits per heavy atom. The number of halogens is 1. The normalized spacial score (nSPS) is 14.3. The van der Waals surface area contributed by atoms with Crippen LogP contribution in [-0.2, 0) is 36.4 Å². The van der Waals surface area contributed by atoms with Gasteiger partial charge in [0.1, 0.15) is 17.0 Å². The first kappa shape index (κ1) is 34.8. The number of nitrogens with zero attached hydrogens (tertiary/aromatic N) is 3. The highest BCUT2D eigenvalue weighted by molar-refractivity contribution is 6.14. The second-order valence-electron chi connectivity index (χ2n) is 18.5. The summed E-state index contributed by atoms with van der Waals surface area (Å²) >= 11 is 0. The van der Waals surface area contributed by atoms with E-state index in [0.717, 1.165) is 44.8 Å². The van der Waals surface area contributed by atoms with Crippen LogP contribution in [0.5, 0.6) is 0 Å². The first-order valence-electron chi connectivity index (χ1n) is 26.5. The number of benzene rings is 6. The number of hydrogen-bond donors (Lipinski definition) is 0. The first-order chi connectivity index (χ1) is 35.6. The van der Waals surface area contributed by atoms with Gasteiger partial charge in [0.2, 0.25) is 0 Å². The number of aromatic nitrogens is 3. The van der Waals surface area contributed by atoms with Crippen molar-refractivity contribution in [3.8, 4) is 44.9 Å². The van der Waals surface area contributed by atoms with E-state index >= 15 is 4.39 Å². The van der Waals surface area contributed by atoms with Gasteiger partial charge in [-0.1, -0.05) is 161 Å². The van der Waals surface area contributed by atoms with Crippen LogP contribution in [0, 0.1) is 12.7 Å². The van der Waals surface area contributed by atoms with Gasteiger partial charge in [0.25, 0.3) is 0 Å². The lowest BCUT2D eigenvalue weighted by Crippen LogP contribution is -2.23. The zero-order valence-electron chi connectivity index (χ0n) is 45.9. The van der Waals surface area contributed by atoms with Gasteiger partial charge in [0, 0.05) is 55.6 Å². The highest BCUT2D eigenvalue weighted by Crippen LogP contribution is 2.42. The summed E-state index contributed by atoms with van der Waals surface area (Å²) < 4.78 is 94.7. The highest BCUT2D eigenvalue weighted by atomic mass is 19.1. The topological polar surface area (TPSA) is 51.8 Å². The fraction of sp³-hybridized carbons (Fsp3) is 0.177. The lowest BCUT2D eigenvalue weighted by molar-refractivity contribution is 0.512. The molecule has 0 fully saturated rings. The van der Waals surface area contributed by atoms with Crippen molar-refractivity contribution in [2.24, 2.45) is 0 Å². The van der Waals surface area contributed by atoms with E-state index in [1.165, 1.54) is 24.4 Å². The molecule has 0 aliphatic heterocycles. The molecule has 5 heteroatoms. The quantitative estimate of drug-likeness (QED) is 0.116. The number of pyridine rings is 3. The largest absolute Gasteiger partial charge is 0.455 e. The Balaban J connectivity index is 1.02. The second kappa shape index (κ2) is 18.1. The predicted molar refractivity (Wildman–Crippen MR) is 274 cm³/mol. The summed E-state index contributed by atoms with van der Waals surface area (Å²) in [6.07, 6.45) is 0.879. The lowest BCUT2D eigenvalue weighted by atomic mass is 9.77. The molecule has 0 saturated carbocycles. The van der Waals surface area contributed by atoms with E-state index < -0.39 is 42.3 Å². The molecule has 0 saturated heterocycles. The summed E-state index contributed by atoms with van der Waals surface area (Å²) in [5.74, 6) is -0.814. The summed E-state index contributed by atoms with van der Waals surface area (Å²) in [6.45, 7) is 5.92. The minimum Gasteiger partial charge on any atom is -0.455 e. The van der Waals surface area contributed by atoms with E-state index in [0.29, 0.717) is 24.0 Å². The van der Waals surface area contributed by atoms with Gasteiger partial charge in [-0.15, -0.1) is 0 Å². The Labute approximate surface area is 404 Å². The second-order valence-corrected chi connectivity index (χ2v) is 18.5. The molecule has 0 aliphatic rings. The van der Waals surface area contributed by atoms with Crippen molar-refractivity contribution in [2.75, 3.05) is 0 Å². The number of fused-ring (bicyclic) bond motifs is 3. The van der Waals surface area contributed by atoms with Crippen LogP contribution in [0.4, 0.5) is 4.39 Å². The van der Waals surface area contributed by atoms with Gasteiger partial charge in [-0.05, 0) is 124 Å². The van der Waals surface area contributed by atoms with Crippen molar-refractivity contribution in [1.29, 1.82) is 0 Å². The lowest BCUT2D eigenvalue weighted by Gasteiger charge is -2.28. The fourth-order valence-corrected chi connectivity index (χ4v) is 9.10. The van der Waals surface area contributed by atoms with Crippen molar-refractivity contribution in [3.63, 3.8) is 0 Å². The smallest absolute Gasteiger partial charge is 0.146 e. The molecule has 330 valence electrons. The minimum atomic E-state index is -2.62. The maximum Gasteiger partial charge on any atom is 0.146 e. The Kier molecular flexibility index (Phi) is 9.38. The van der Waals surface area contributed by atoms with Crippen LogP contribution in [-0.4, -0.2) is 15.0 Å². The molecule has 4 aromatic heterocycles. The molecular weight excluding hydrogens is 822 g/mol. The van der Waals surface area contributed by atoms with Crippen molar-refractivity contribution in [1.82, 2.24) is 15.0 Å². The van der Waals surface area contributed by atoms with Crippen LogP contribution in [0.1, 0.15) is 77.6 Å². The van der Waals surface area contributed by atoms with Crippen LogP contribution in [0.3, 0.4) is 0 Å². The average Bonchev–Trinajstić information content (AvgIpc) is 3.77. The van der Waals surface area contributed by atoms with E-state index in [9.17, 15) is 5.48 Å². The van der Waals surface area contributed by atoms with Crippen LogP contribution in [0.15, 0.2) is 193 Å². The molecule has 6 aromatic carbocycles. The molecule has 10 aromatic rings. The molecule has 4 nitrogen and oxygen atoms in total. The number of aryl methyl sites for hydroxylation is 3. The Morgan fingerprint density at radius 2 is 1.06 bits per heavy atom. The maximum absolute atomic E-state index is 15.9. The van der Waals surface area contributed by atoms with Crippen molar-refractivity contribution >= 4 is 21.9 Å². The van der Waals surface area contributed by atoms with Gasteiger partial charge in [-0.2, -0.15) is 0 Å². The molecule has 0 bridgehead atoms. The van der Waals surface area contributed by atoms with Crippen LogP contribution in [0.25, 0.3) is 66.8 Å². The minimum absolute atomic E-state index is 0.0229. The molecule has 0 unspecified atom stereocenters. The third-order valence-corrected chi connectivity index (χ3v) is 12.7. The van der Waals surface area contributed by atoms with Crippen LogP contribution < -0.4 is 0 Å². The zero-order valence-corrected chi connectivity index (χ0v) is 37.9. The van der Waals surface area contributed by atoms with Crippen molar-refractivity contribution in [3.05, 3.63) is 233 Å². The zero-order chi connectivity index (χ0) is 53.1. The third kappa shape index (κ3) is 9.07. The molecule has 0 aliphatic carbocycles. The van der Waals surface area contributed by atoms with Gasteiger partial charge in [0.05, 0.1) is 24.0 Å². The average molecular weight is 884 g/mol. The summed E-state index contributed by atoms with van der Waals surface area (Å²) in [5, 5.41) is 0.446. The summed E-state index contributed by atoms with van der Waals surface area (Å²) in [5.41, 5.74) is 7.92. The van der Waals surface area contributed by atoms with Gasteiger partial charge in [-0.25, -0.2) is 4.39 Å². The number of hydrogen-bond acceptors (Lipinski definition) is 4. The van der Waals surface area contributed by atoms with E-state index in [4.69, 9.17) is 19.9 Å². The highest BCUT2D eigenvalue weighted by Gasteiger charge is 2.26. The van der Waals surface area contributed by atoms with Gasteiger partial charge in [0.15, 0.2) is 0 Å². The first-order valence-corrected chi connectivity index (χ1v) is 22.5. The van der Waals surface area contributed by atoms with Gasteiger partial charge < -0.3 is 4.42 Å². The summed E-state index contributed by atoms with van der Waals surface area (Å²) in [4.78, 5) is 14.3. The number of rotatable bonds is 13. The molecule has 10 rings (SSSR count). The Hall–Kier alpha value is -7.50. The summed E-state index contributed by atoms with van der Waals surface area (Å²) in [6, 6.07) is 49.3. The molecule has 0 amide bonds. The predicted octanol–water partition coefficient (Wildman–Crippen LogP) is 15.7. The monoisotopic (exact) mass is 883 g/mol. The van der Waals surface area contributed by atoms with Gasteiger partial charge in [-0.3, -0.25) is 15.0 Å². The molecule has 0 atom stereocenters. The van der Waals surface area contributed by atoms with Gasteiger partial charge >= 0.3 is 0 Å². The maximum atomic E-state index is 15.9. The Morgan fingerprint density at radius 1 is 0.537 bits per heavy atom. The van der Waals surface area contributed by atoms with Crippen molar-refractivity contribution < 1.29 is 19.8 Å². The molecule has 0 radical (unpaired) electrons. The molecule has 4 heterocycles. The van der Waals surface area contributed by atoms with E-state index in [1.54, 1.807) is 54.6 Å². The standard InChI is InChI=1S/C62H54FN3O/c1-41-21-27-51(59-57(41)52-28-29-53(63)58(60(52)67-59)48-19-13-8-14-20-48)56-30-24-42(38-64-56)22-23-43-33-44(36-61(2,3)49-25-31-54(65-39-49)46-15-9-6-10-16-46)35-45(34-43)37-62(4,5)50-26-32-55(66-40-50)47-17-11-7-12-18-47/h6-21,24-35,38-40H,22-23,36-37H2,1-5H3/i1D3,22D2,23D2,29D. The Bertz CT molecular complexity index is 3580.